The van der Waals surface area contributed by atoms with Crippen LogP contribution in [0.25, 0.3) is 0 Å². The van der Waals surface area contributed by atoms with Gasteiger partial charge in [-0.3, -0.25) is 14.9 Å². The van der Waals surface area contributed by atoms with E-state index >= 15 is 0 Å². The molecular weight excluding hydrogens is 146 g/mol. The van der Waals surface area contributed by atoms with Gasteiger partial charge in [0.05, 0.1) is 0 Å². The first-order chi connectivity index (χ1) is 5.13. The van der Waals surface area contributed by atoms with Crippen LogP contribution in [0.15, 0.2) is 12.2 Å². The molecule has 0 bridgehead atoms. The second-order valence-electron chi connectivity index (χ2n) is 2.21. The number of unbranched alkanes of at least 4 members (excludes halogenated alkanes) is 1. The smallest absolute Gasteiger partial charge is 0.204 e. The quantitative estimate of drug-likeness (QED) is 0.260. The summed E-state index contributed by atoms with van der Waals surface area (Å²) in [5.74, 6) is -0.0221. The average molecular weight is 157 g/mol. The monoisotopic (exact) mass is 157 g/mol. The molecule has 4 heteroatoms. The first-order valence-corrected chi connectivity index (χ1v) is 3.42. The van der Waals surface area contributed by atoms with Crippen LogP contribution in [0, 0.1) is 10.1 Å². The van der Waals surface area contributed by atoms with E-state index < -0.39 is 0 Å². The van der Waals surface area contributed by atoms with Crippen LogP contribution < -0.4 is 0 Å². The summed E-state index contributed by atoms with van der Waals surface area (Å²) in [4.78, 5) is 19.8. The lowest BCUT2D eigenvalue weighted by molar-refractivity contribution is -0.480. The molecule has 0 radical (unpaired) electrons. The second kappa shape index (κ2) is 5.58. The van der Waals surface area contributed by atoms with Crippen LogP contribution in [-0.2, 0) is 4.79 Å². The fourth-order valence-electron chi connectivity index (χ4n) is 0.588. The molecular formula is C7H11NO3. The molecule has 0 aromatic heterocycles. The molecule has 0 aromatic carbocycles. The lowest BCUT2D eigenvalue weighted by Gasteiger charge is -1.87. The van der Waals surface area contributed by atoms with Gasteiger partial charge >= 0.3 is 0 Å². The van der Waals surface area contributed by atoms with Crippen LogP contribution in [0.2, 0.25) is 0 Å². The highest BCUT2D eigenvalue weighted by Gasteiger charge is 1.93. The largest absolute Gasteiger partial charge is 0.295 e. The van der Waals surface area contributed by atoms with Crippen molar-refractivity contribution in [2.75, 3.05) is 6.54 Å². The van der Waals surface area contributed by atoms with Crippen molar-refractivity contribution in [3.8, 4) is 0 Å². The molecule has 0 fully saturated rings. The second-order valence-corrected chi connectivity index (χ2v) is 2.21. The van der Waals surface area contributed by atoms with Crippen molar-refractivity contribution in [3.05, 3.63) is 22.3 Å². The Hall–Kier alpha value is -1.19. The van der Waals surface area contributed by atoms with Gasteiger partial charge in [0.2, 0.25) is 6.54 Å². The first kappa shape index (κ1) is 9.81. The van der Waals surface area contributed by atoms with E-state index in [1.54, 1.807) is 6.08 Å². The van der Waals surface area contributed by atoms with E-state index in [0.29, 0.717) is 12.8 Å². The molecule has 0 spiro atoms. The Morgan fingerprint density at radius 2 is 2.27 bits per heavy atom. The third-order valence-electron chi connectivity index (χ3n) is 1.06. The van der Waals surface area contributed by atoms with Gasteiger partial charge in [0.15, 0.2) is 5.78 Å². The Morgan fingerprint density at radius 1 is 1.64 bits per heavy atom. The molecule has 0 aliphatic rings. The zero-order valence-electron chi connectivity index (χ0n) is 6.45. The fraction of sp³-hybridized carbons (Fsp3) is 0.571. The van der Waals surface area contributed by atoms with E-state index in [9.17, 15) is 14.9 Å². The number of carbonyl (C=O) groups excluding carboxylic acids is 1. The minimum absolute atomic E-state index is 0.0221. The highest BCUT2D eigenvalue weighted by molar-refractivity contribution is 5.87. The molecule has 0 N–H and O–H groups in total. The van der Waals surface area contributed by atoms with Crippen molar-refractivity contribution in [2.45, 2.75) is 19.8 Å². The van der Waals surface area contributed by atoms with E-state index in [2.05, 4.69) is 0 Å². The van der Waals surface area contributed by atoms with Crippen LogP contribution in [-0.4, -0.2) is 17.3 Å². The Labute approximate surface area is 65.1 Å². The average Bonchev–Trinajstić information content (AvgIpc) is 1.85. The molecule has 0 saturated heterocycles. The number of allylic oxidation sites excluding steroid dienone is 2. The minimum atomic E-state index is -0.360. The maximum absolute atomic E-state index is 10.3. The van der Waals surface area contributed by atoms with E-state index in [4.69, 9.17) is 0 Å². The van der Waals surface area contributed by atoms with Gasteiger partial charge in [0, 0.05) is 11.3 Å². The molecule has 0 aliphatic carbocycles. The predicted octanol–water partition coefficient (Wildman–Crippen LogP) is 1.19. The van der Waals surface area contributed by atoms with Crippen molar-refractivity contribution >= 4 is 5.78 Å². The van der Waals surface area contributed by atoms with E-state index in [0.717, 1.165) is 0 Å². The normalized spacial score (nSPS) is 10.3. The van der Waals surface area contributed by atoms with Gasteiger partial charge in [-0.2, -0.15) is 0 Å². The minimum Gasteiger partial charge on any atom is -0.295 e. The molecule has 0 atom stereocenters. The van der Waals surface area contributed by atoms with Crippen LogP contribution in [0.5, 0.6) is 0 Å². The number of carbonyl (C=O) groups is 1. The summed E-state index contributed by atoms with van der Waals surface area (Å²) < 4.78 is 0. The number of nitrogens with zero attached hydrogens (tertiary/aromatic N) is 1. The summed E-state index contributed by atoms with van der Waals surface area (Å²) in [5.41, 5.74) is 0. The van der Waals surface area contributed by atoms with Crippen LogP contribution >= 0.6 is 0 Å². The highest BCUT2D eigenvalue weighted by Crippen LogP contribution is 1.91. The maximum Gasteiger partial charge on any atom is 0.204 e. The van der Waals surface area contributed by atoms with E-state index in [-0.39, 0.29) is 17.3 Å². The molecule has 11 heavy (non-hydrogen) atoms. The zero-order chi connectivity index (χ0) is 8.69. The molecule has 0 aliphatic heterocycles. The number of hydrogen-bond acceptors (Lipinski definition) is 3. The third-order valence-corrected chi connectivity index (χ3v) is 1.06. The van der Waals surface area contributed by atoms with Gasteiger partial charge in [0.25, 0.3) is 0 Å². The number of ketones is 1. The van der Waals surface area contributed by atoms with Gasteiger partial charge in [0.1, 0.15) is 0 Å². The van der Waals surface area contributed by atoms with E-state index in [1.165, 1.54) is 13.0 Å². The molecule has 0 aromatic rings. The van der Waals surface area contributed by atoms with Crippen molar-refractivity contribution in [2.24, 2.45) is 0 Å². The van der Waals surface area contributed by atoms with Crippen LogP contribution in [0.3, 0.4) is 0 Å². The number of hydrogen-bond donors (Lipinski definition) is 0. The third kappa shape index (κ3) is 8.81. The lowest BCUT2D eigenvalue weighted by Crippen LogP contribution is -1.98. The van der Waals surface area contributed by atoms with Crippen molar-refractivity contribution in [1.82, 2.24) is 0 Å². The highest BCUT2D eigenvalue weighted by atomic mass is 16.6. The summed E-state index contributed by atoms with van der Waals surface area (Å²) in [5, 5.41) is 9.81. The maximum atomic E-state index is 10.3. The molecule has 0 unspecified atom stereocenters. The van der Waals surface area contributed by atoms with Crippen molar-refractivity contribution in [1.29, 1.82) is 0 Å². The molecule has 0 amide bonds. The van der Waals surface area contributed by atoms with Gasteiger partial charge in [-0.25, -0.2) is 0 Å². The fourth-order valence-corrected chi connectivity index (χ4v) is 0.588. The molecule has 62 valence electrons. The van der Waals surface area contributed by atoms with Crippen LogP contribution in [0.1, 0.15) is 19.8 Å². The van der Waals surface area contributed by atoms with Crippen LogP contribution in [0.4, 0.5) is 0 Å². The van der Waals surface area contributed by atoms with Crippen molar-refractivity contribution < 1.29 is 9.72 Å². The Bertz CT molecular complexity index is 175. The topological polar surface area (TPSA) is 60.2 Å². The summed E-state index contributed by atoms with van der Waals surface area (Å²) in [6.07, 6.45) is 4.18. The Kier molecular flexibility index (Phi) is 4.98. The zero-order valence-corrected chi connectivity index (χ0v) is 6.45. The van der Waals surface area contributed by atoms with E-state index in [1.807, 2.05) is 0 Å². The molecule has 0 heterocycles. The van der Waals surface area contributed by atoms with Gasteiger partial charge < -0.3 is 0 Å². The Morgan fingerprint density at radius 3 is 2.73 bits per heavy atom. The van der Waals surface area contributed by atoms with Crippen molar-refractivity contribution in [3.63, 3.8) is 0 Å². The number of nitro groups is 1. The summed E-state index contributed by atoms with van der Waals surface area (Å²) in [6.45, 7) is 1.42. The summed E-state index contributed by atoms with van der Waals surface area (Å²) in [6, 6.07) is 0. The van der Waals surface area contributed by atoms with Gasteiger partial charge in [-0.05, 0) is 19.4 Å². The molecule has 4 nitrogen and oxygen atoms in total. The lowest BCUT2D eigenvalue weighted by atomic mass is 10.2. The molecule has 0 saturated carbocycles. The Balaban J connectivity index is 3.27. The predicted molar refractivity (Wildman–Crippen MR) is 40.9 cm³/mol. The van der Waals surface area contributed by atoms with Gasteiger partial charge in [-0.15, -0.1) is 0 Å². The number of rotatable bonds is 5. The standard InChI is InChI=1S/C7H11NO3/c1-7(9)5-3-2-4-6-8(10)11/h3,5H,2,4,6H2,1H3/b5-3-. The summed E-state index contributed by atoms with van der Waals surface area (Å²) in [7, 11) is 0. The first-order valence-electron chi connectivity index (χ1n) is 3.42. The SMILES string of the molecule is CC(=O)/C=C\CCC[N+](=O)[O-]. The molecule has 0 rings (SSSR count). The van der Waals surface area contributed by atoms with Gasteiger partial charge in [-0.1, -0.05) is 6.08 Å². The summed E-state index contributed by atoms with van der Waals surface area (Å²) >= 11 is 0.